The van der Waals surface area contributed by atoms with Crippen LogP contribution in [-0.2, 0) is 16.2 Å². The molecule has 1 aliphatic heterocycles. The van der Waals surface area contributed by atoms with E-state index >= 15 is 0 Å². The molecule has 9 nitrogen and oxygen atoms in total. The zero-order valence-electron chi connectivity index (χ0n) is 22.7. The van der Waals surface area contributed by atoms with Gasteiger partial charge in [0.2, 0.25) is 10.0 Å². The Morgan fingerprint density at radius 1 is 0.927 bits per heavy atom. The van der Waals surface area contributed by atoms with Gasteiger partial charge in [-0.1, -0.05) is 12.1 Å². The van der Waals surface area contributed by atoms with Crippen LogP contribution in [0.15, 0.2) is 65.8 Å². The normalized spacial score (nSPS) is 23.7. The molecule has 13 heteroatoms. The maximum atomic E-state index is 13.3. The second kappa shape index (κ2) is 11.6. The van der Waals surface area contributed by atoms with Crippen LogP contribution in [0.25, 0.3) is 11.1 Å². The number of sulfonamides is 1. The van der Waals surface area contributed by atoms with Crippen molar-refractivity contribution >= 4 is 21.7 Å². The van der Waals surface area contributed by atoms with Crippen molar-refractivity contribution in [1.29, 1.82) is 0 Å². The lowest BCUT2D eigenvalue weighted by atomic mass is 9.86. The van der Waals surface area contributed by atoms with Crippen LogP contribution < -0.4 is 10.6 Å². The summed E-state index contributed by atoms with van der Waals surface area (Å²) in [7, 11) is 0.305. The van der Waals surface area contributed by atoms with Crippen LogP contribution in [0.5, 0.6) is 0 Å². The average Bonchev–Trinajstić information content (AvgIpc) is 2.91. The Morgan fingerprint density at radius 2 is 1.56 bits per heavy atom. The highest BCUT2D eigenvalue weighted by Crippen LogP contribution is 2.30. The van der Waals surface area contributed by atoms with Crippen LogP contribution in [0.1, 0.15) is 24.8 Å². The fourth-order valence-electron chi connectivity index (χ4n) is 5.08. The molecule has 1 aromatic carbocycles. The Balaban J connectivity index is 1.17. The van der Waals surface area contributed by atoms with Gasteiger partial charge in [-0.3, -0.25) is 0 Å². The van der Waals surface area contributed by atoms with Crippen LogP contribution in [0.4, 0.5) is 24.8 Å². The summed E-state index contributed by atoms with van der Waals surface area (Å²) in [4.78, 5) is 10.6. The van der Waals surface area contributed by atoms with Crippen molar-refractivity contribution in [3.05, 3.63) is 66.5 Å². The first kappa shape index (κ1) is 29.2. The predicted octanol–water partition coefficient (Wildman–Crippen LogP) is 3.90. The molecular weight excluding hydrogens is 557 g/mol. The van der Waals surface area contributed by atoms with E-state index in [1.54, 1.807) is 18.3 Å². The molecule has 1 saturated carbocycles. The third-order valence-corrected chi connectivity index (χ3v) is 9.63. The number of β-amino-alcohol motifs (C(OH)–C–C–N with tert-alkyl or cyclic N) is 1. The molecule has 0 unspecified atom stereocenters. The number of nitrogens with zero attached hydrogens (tertiary/aromatic N) is 4. The third kappa shape index (κ3) is 6.64. The smallest absolute Gasteiger partial charge is 0.390 e. The molecule has 2 atom stereocenters. The van der Waals surface area contributed by atoms with E-state index < -0.39 is 33.9 Å². The molecule has 0 amide bonds. The summed E-state index contributed by atoms with van der Waals surface area (Å²) >= 11 is 0. The van der Waals surface area contributed by atoms with Gasteiger partial charge in [0.1, 0.15) is 11.6 Å². The van der Waals surface area contributed by atoms with E-state index in [2.05, 4.69) is 39.6 Å². The standard InChI is InChI=1S/C28H33F3N6O3S/c1-36(2)22-13-21(14-22)34-26-9-5-19(15-32-26)18-3-7-23(8-4-18)41(39,40)37-12-11-24(25(38)17-37)35-27-10-6-20(16-33-27)28(29,30)31/h3-10,15-16,21-22,24-25,38H,11-14,17H2,1-2H3,(H,32,34)(H,33,35)/t21-,22+,24-,25+/m1/s1. The molecule has 3 N–H and O–H groups in total. The van der Waals surface area contributed by atoms with E-state index in [9.17, 15) is 26.7 Å². The summed E-state index contributed by atoms with van der Waals surface area (Å²) in [6.45, 7) is -0.0227. The van der Waals surface area contributed by atoms with Crippen LogP contribution >= 0.6 is 0 Å². The molecule has 1 saturated heterocycles. The molecule has 0 spiro atoms. The molecule has 5 rings (SSSR count). The molecule has 3 heterocycles. The molecule has 220 valence electrons. The third-order valence-electron chi connectivity index (χ3n) is 7.75. The van der Waals surface area contributed by atoms with Gasteiger partial charge in [-0.05, 0) is 75.3 Å². The van der Waals surface area contributed by atoms with Crippen molar-refractivity contribution in [1.82, 2.24) is 19.2 Å². The largest absolute Gasteiger partial charge is 0.417 e. The number of anilines is 2. The van der Waals surface area contributed by atoms with Crippen molar-refractivity contribution in [3.63, 3.8) is 0 Å². The number of piperidine rings is 1. The maximum Gasteiger partial charge on any atom is 0.417 e. The number of alkyl halides is 3. The van der Waals surface area contributed by atoms with Crippen LogP contribution in [0, 0.1) is 0 Å². The van der Waals surface area contributed by atoms with E-state index in [4.69, 9.17) is 0 Å². The Hall–Kier alpha value is -3.26. The summed E-state index contributed by atoms with van der Waals surface area (Å²) in [5, 5.41) is 17.0. The Bertz CT molecular complexity index is 1430. The number of hydrogen-bond donors (Lipinski definition) is 3. The van der Waals surface area contributed by atoms with Crippen LogP contribution in [0.3, 0.4) is 0 Å². The first-order valence-electron chi connectivity index (χ1n) is 13.4. The van der Waals surface area contributed by atoms with Gasteiger partial charge in [-0.25, -0.2) is 18.4 Å². The van der Waals surface area contributed by atoms with Gasteiger partial charge in [-0.15, -0.1) is 0 Å². The van der Waals surface area contributed by atoms with E-state index in [0.717, 1.165) is 42.0 Å². The average molecular weight is 591 g/mol. The zero-order valence-corrected chi connectivity index (χ0v) is 23.5. The number of aliphatic hydroxyl groups excluding tert-OH is 1. The first-order valence-corrected chi connectivity index (χ1v) is 14.8. The number of aromatic nitrogens is 2. The lowest BCUT2D eigenvalue weighted by molar-refractivity contribution is -0.137. The Labute approximate surface area is 237 Å². The summed E-state index contributed by atoms with van der Waals surface area (Å²) in [5.74, 6) is 0.981. The summed E-state index contributed by atoms with van der Waals surface area (Å²) in [6, 6.07) is 12.9. The van der Waals surface area contributed by atoms with E-state index in [1.165, 1.54) is 22.5 Å². The number of pyridine rings is 2. The lowest BCUT2D eigenvalue weighted by Crippen LogP contribution is -2.51. The zero-order chi connectivity index (χ0) is 29.4. The highest BCUT2D eigenvalue weighted by Gasteiger charge is 2.35. The van der Waals surface area contributed by atoms with Crippen molar-refractivity contribution < 1.29 is 26.7 Å². The van der Waals surface area contributed by atoms with Gasteiger partial charge in [0.15, 0.2) is 0 Å². The monoisotopic (exact) mass is 590 g/mol. The van der Waals surface area contributed by atoms with Crippen molar-refractivity contribution in [3.8, 4) is 11.1 Å². The fraction of sp³-hybridized carbons (Fsp3) is 0.429. The summed E-state index contributed by atoms with van der Waals surface area (Å²) in [6.07, 6.45) is -0.684. The first-order chi connectivity index (χ1) is 19.4. The SMILES string of the molecule is CN(C)[C@H]1C[C@@H](Nc2ccc(-c3ccc(S(=O)(=O)N4CC[C@@H](Nc5ccc(C(F)(F)F)cn5)[C@@H](O)C4)cc3)cn2)C1. The van der Waals surface area contributed by atoms with Gasteiger partial charge in [0, 0.05) is 43.1 Å². The maximum absolute atomic E-state index is 13.3. The molecule has 0 bridgehead atoms. The minimum Gasteiger partial charge on any atom is -0.390 e. The van der Waals surface area contributed by atoms with Crippen molar-refractivity contribution in [2.45, 2.75) is 54.6 Å². The highest BCUT2D eigenvalue weighted by atomic mass is 32.2. The summed E-state index contributed by atoms with van der Waals surface area (Å²) in [5.41, 5.74) is 0.813. The van der Waals surface area contributed by atoms with E-state index in [0.29, 0.717) is 12.1 Å². The minimum absolute atomic E-state index is 0.107. The van der Waals surface area contributed by atoms with Gasteiger partial charge < -0.3 is 20.6 Å². The van der Waals surface area contributed by atoms with Crippen LogP contribution in [-0.4, -0.2) is 84.1 Å². The van der Waals surface area contributed by atoms with Crippen molar-refractivity contribution in [2.24, 2.45) is 0 Å². The van der Waals surface area contributed by atoms with Gasteiger partial charge in [0.25, 0.3) is 0 Å². The molecule has 3 aromatic rings. The number of nitrogens with one attached hydrogen (secondary N) is 2. The number of hydrogen-bond acceptors (Lipinski definition) is 8. The van der Waals surface area contributed by atoms with Gasteiger partial charge in [-0.2, -0.15) is 17.5 Å². The lowest BCUT2D eigenvalue weighted by Gasteiger charge is -2.40. The molecular formula is C28H33F3N6O3S. The fourth-order valence-corrected chi connectivity index (χ4v) is 6.55. The molecule has 0 radical (unpaired) electrons. The Morgan fingerprint density at radius 3 is 2.12 bits per heavy atom. The number of benzene rings is 1. The number of halogens is 3. The predicted molar refractivity (Wildman–Crippen MR) is 150 cm³/mol. The molecule has 2 aliphatic rings. The molecule has 41 heavy (non-hydrogen) atoms. The second-order valence-electron chi connectivity index (χ2n) is 10.8. The van der Waals surface area contributed by atoms with Crippen LogP contribution in [0.2, 0.25) is 0 Å². The van der Waals surface area contributed by atoms with Gasteiger partial charge >= 0.3 is 6.18 Å². The number of rotatable bonds is 8. The molecule has 2 aromatic heterocycles. The molecule has 1 aliphatic carbocycles. The van der Waals surface area contributed by atoms with Crippen molar-refractivity contribution in [2.75, 3.05) is 37.8 Å². The van der Waals surface area contributed by atoms with E-state index in [1.807, 2.05) is 12.1 Å². The van der Waals surface area contributed by atoms with Gasteiger partial charge in [0.05, 0.1) is 22.6 Å². The minimum atomic E-state index is -4.49. The topological polar surface area (TPSA) is 111 Å². The second-order valence-corrected chi connectivity index (χ2v) is 12.7. The quantitative estimate of drug-likeness (QED) is 0.363. The number of aliphatic hydroxyl groups is 1. The molecule has 2 fully saturated rings. The Kier molecular flexibility index (Phi) is 8.24. The van der Waals surface area contributed by atoms with E-state index in [-0.39, 0.29) is 30.2 Å². The highest BCUT2D eigenvalue weighted by molar-refractivity contribution is 7.89. The summed E-state index contributed by atoms with van der Waals surface area (Å²) < 4.78 is 66.1.